The van der Waals surface area contributed by atoms with E-state index in [1.807, 2.05) is 57.1 Å². The molecule has 2 aromatic rings. The van der Waals surface area contributed by atoms with Crippen molar-refractivity contribution >= 4 is 11.5 Å². The maximum atomic E-state index is 5.87. The zero-order chi connectivity index (χ0) is 14.5. The molecular formula is C15H20N4O. The molecule has 5 heteroatoms. The summed E-state index contributed by atoms with van der Waals surface area (Å²) in [5, 5.41) is 3.19. The average Bonchev–Trinajstić information content (AvgIpc) is 2.44. The Morgan fingerprint density at radius 2 is 2.05 bits per heavy atom. The number of nitrogens with one attached hydrogen (secondary N) is 1. The maximum absolute atomic E-state index is 5.87. The number of ether oxygens (including phenoxy) is 1. The lowest BCUT2D eigenvalue weighted by atomic mass is 10.3. The van der Waals surface area contributed by atoms with E-state index in [0.29, 0.717) is 5.88 Å². The van der Waals surface area contributed by atoms with Crippen molar-refractivity contribution in [3.8, 4) is 11.6 Å². The molecule has 5 nitrogen and oxygen atoms in total. The first-order valence-electron chi connectivity index (χ1n) is 6.62. The maximum Gasteiger partial charge on any atom is 0.227 e. The van der Waals surface area contributed by atoms with Gasteiger partial charge in [-0.3, -0.25) is 0 Å². The number of hydrogen-bond donors (Lipinski definition) is 1. The van der Waals surface area contributed by atoms with Crippen LogP contribution in [0, 0.1) is 6.92 Å². The van der Waals surface area contributed by atoms with Gasteiger partial charge in [-0.1, -0.05) is 6.07 Å². The van der Waals surface area contributed by atoms with Gasteiger partial charge in [-0.2, -0.15) is 0 Å². The summed E-state index contributed by atoms with van der Waals surface area (Å²) in [4.78, 5) is 10.4. The molecule has 1 heterocycles. The van der Waals surface area contributed by atoms with E-state index < -0.39 is 0 Å². The van der Waals surface area contributed by atoms with Gasteiger partial charge in [0.15, 0.2) is 0 Å². The van der Waals surface area contributed by atoms with Crippen molar-refractivity contribution < 1.29 is 4.74 Å². The molecule has 106 valence electrons. The second kappa shape index (κ2) is 6.23. The Morgan fingerprint density at radius 1 is 1.25 bits per heavy atom. The fraction of sp³-hybridized carbons (Fsp3) is 0.333. The lowest BCUT2D eigenvalue weighted by Gasteiger charge is -2.15. The number of aromatic nitrogens is 2. The minimum atomic E-state index is 0.576. The highest BCUT2D eigenvalue weighted by Gasteiger charge is 2.09. The van der Waals surface area contributed by atoms with Crippen LogP contribution in [0.25, 0.3) is 0 Å². The van der Waals surface area contributed by atoms with Gasteiger partial charge in [-0.25, -0.2) is 9.97 Å². The van der Waals surface area contributed by atoms with Crippen LogP contribution < -0.4 is 15.0 Å². The molecule has 0 unspecified atom stereocenters. The highest BCUT2D eigenvalue weighted by Crippen LogP contribution is 2.28. The van der Waals surface area contributed by atoms with E-state index in [4.69, 9.17) is 4.74 Å². The molecule has 1 aromatic carbocycles. The smallest absolute Gasteiger partial charge is 0.227 e. The zero-order valence-corrected chi connectivity index (χ0v) is 12.3. The quantitative estimate of drug-likeness (QED) is 0.906. The van der Waals surface area contributed by atoms with Crippen LogP contribution in [0.2, 0.25) is 0 Å². The fourth-order valence-electron chi connectivity index (χ4n) is 1.82. The Hall–Kier alpha value is -2.30. The zero-order valence-electron chi connectivity index (χ0n) is 12.3. The Bertz CT molecular complexity index is 584. The van der Waals surface area contributed by atoms with Gasteiger partial charge >= 0.3 is 0 Å². The Morgan fingerprint density at radius 3 is 2.75 bits per heavy atom. The molecule has 0 amide bonds. The van der Waals surface area contributed by atoms with Gasteiger partial charge in [0.2, 0.25) is 5.88 Å². The molecule has 0 aliphatic carbocycles. The molecule has 0 bridgehead atoms. The van der Waals surface area contributed by atoms with Crippen LogP contribution in [-0.2, 0) is 0 Å². The molecule has 0 spiro atoms. The number of nitrogens with zero attached hydrogens (tertiary/aromatic N) is 3. The summed E-state index contributed by atoms with van der Waals surface area (Å²) in [6, 6.07) is 7.89. The third-order valence-corrected chi connectivity index (χ3v) is 2.93. The number of rotatable bonds is 5. The van der Waals surface area contributed by atoms with E-state index in [0.717, 1.165) is 29.4 Å². The van der Waals surface area contributed by atoms with Crippen LogP contribution in [0.1, 0.15) is 12.5 Å². The molecule has 0 saturated heterocycles. The predicted octanol–water partition coefficient (Wildman–Crippen LogP) is 3.08. The van der Waals surface area contributed by atoms with Crippen LogP contribution in [-0.4, -0.2) is 30.6 Å². The first-order chi connectivity index (χ1) is 9.61. The van der Waals surface area contributed by atoms with Gasteiger partial charge in [-0.05, 0) is 26.0 Å². The molecule has 0 atom stereocenters. The standard InChI is InChI=1S/C15H20N4O/c1-5-16-14-11(2)15(18-10-17-14)20-13-8-6-7-12(9-13)19(3)4/h6-10H,5H2,1-4H3,(H,16,17,18). The Kier molecular flexibility index (Phi) is 4.40. The van der Waals surface area contributed by atoms with Gasteiger partial charge < -0.3 is 15.0 Å². The molecule has 0 fully saturated rings. The number of hydrogen-bond acceptors (Lipinski definition) is 5. The average molecular weight is 272 g/mol. The van der Waals surface area contributed by atoms with Gasteiger partial charge in [0, 0.05) is 32.4 Å². The third-order valence-electron chi connectivity index (χ3n) is 2.93. The van der Waals surface area contributed by atoms with E-state index in [1.54, 1.807) is 0 Å². The molecule has 0 radical (unpaired) electrons. The van der Waals surface area contributed by atoms with Crippen molar-refractivity contribution in [3.63, 3.8) is 0 Å². The molecule has 0 aliphatic rings. The van der Waals surface area contributed by atoms with Crippen molar-refractivity contribution in [2.24, 2.45) is 0 Å². The lowest BCUT2D eigenvalue weighted by Crippen LogP contribution is -2.08. The molecule has 0 saturated carbocycles. The molecular weight excluding hydrogens is 252 g/mol. The number of anilines is 2. The third kappa shape index (κ3) is 3.17. The molecule has 20 heavy (non-hydrogen) atoms. The summed E-state index contributed by atoms with van der Waals surface area (Å²) in [6.07, 6.45) is 1.51. The highest BCUT2D eigenvalue weighted by molar-refractivity contribution is 5.52. The minimum Gasteiger partial charge on any atom is -0.438 e. The fourth-order valence-corrected chi connectivity index (χ4v) is 1.82. The van der Waals surface area contributed by atoms with Crippen LogP contribution in [0.15, 0.2) is 30.6 Å². The van der Waals surface area contributed by atoms with Gasteiger partial charge in [0.1, 0.15) is 17.9 Å². The molecule has 1 aromatic heterocycles. The van der Waals surface area contributed by atoms with E-state index in [1.165, 1.54) is 6.33 Å². The van der Waals surface area contributed by atoms with Crippen molar-refractivity contribution in [1.29, 1.82) is 0 Å². The number of benzene rings is 1. The summed E-state index contributed by atoms with van der Waals surface area (Å²) in [6.45, 7) is 4.79. The summed E-state index contributed by atoms with van der Waals surface area (Å²) in [5.41, 5.74) is 1.99. The van der Waals surface area contributed by atoms with Gasteiger partial charge in [0.25, 0.3) is 0 Å². The largest absolute Gasteiger partial charge is 0.438 e. The monoisotopic (exact) mass is 272 g/mol. The summed E-state index contributed by atoms with van der Waals surface area (Å²) < 4.78 is 5.87. The van der Waals surface area contributed by atoms with Gasteiger partial charge in [-0.15, -0.1) is 0 Å². The molecule has 2 rings (SSSR count). The minimum absolute atomic E-state index is 0.576. The van der Waals surface area contributed by atoms with Gasteiger partial charge in [0.05, 0.1) is 5.56 Å². The Balaban J connectivity index is 2.26. The highest BCUT2D eigenvalue weighted by atomic mass is 16.5. The topological polar surface area (TPSA) is 50.3 Å². The van der Waals surface area contributed by atoms with Crippen LogP contribution in [0.5, 0.6) is 11.6 Å². The van der Waals surface area contributed by atoms with Crippen molar-refractivity contribution in [2.75, 3.05) is 30.9 Å². The molecule has 1 N–H and O–H groups in total. The summed E-state index contributed by atoms with van der Waals surface area (Å²) in [7, 11) is 4.00. The van der Waals surface area contributed by atoms with E-state index >= 15 is 0 Å². The normalized spacial score (nSPS) is 10.2. The van der Waals surface area contributed by atoms with E-state index in [9.17, 15) is 0 Å². The molecule has 0 aliphatic heterocycles. The SMILES string of the molecule is CCNc1ncnc(Oc2cccc(N(C)C)c2)c1C. The first kappa shape index (κ1) is 14.1. The second-order valence-electron chi connectivity index (χ2n) is 4.68. The van der Waals surface area contributed by atoms with Crippen LogP contribution in [0.4, 0.5) is 11.5 Å². The van der Waals surface area contributed by atoms with E-state index in [2.05, 4.69) is 15.3 Å². The van der Waals surface area contributed by atoms with Crippen molar-refractivity contribution in [1.82, 2.24) is 9.97 Å². The lowest BCUT2D eigenvalue weighted by molar-refractivity contribution is 0.458. The van der Waals surface area contributed by atoms with Crippen molar-refractivity contribution in [2.45, 2.75) is 13.8 Å². The van der Waals surface area contributed by atoms with E-state index in [-0.39, 0.29) is 0 Å². The van der Waals surface area contributed by atoms with Crippen LogP contribution in [0.3, 0.4) is 0 Å². The summed E-state index contributed by atoms with van der Waals surface area (Å²) in [5.74, 6) is 2.15. The van der Waals surface area contributed by atoms with Crippen molar-refractivity contribution in [3.05, 3.63) is 36.2 Å². The first-order valence-corrected chi connectivity index (χ1v) is 6.62. The summed E-state index contributed by atoms with van der Waals surface area (Å²) >= 11 is 0. The van der Waals surface area contributed by atoms with Crippen LogP contribution >= 0.6 is 0 Å². The predicted molar refractivity (Wildman–Crippen MR) is 81.8 cm³/mol. The second-order valence-corrected chi connectivity index (χ2v) is 4.68. The Labute approximate surface area is 119 Å².